The van der Waals surface area contributed by atoms with Crippen LogP contribution < -0.4 is 4.74 Å². The summed E-state index contributed by atoms with van der Waals surface area (Å²) < 4.78 is 18.9. The van der Waals surface area contributed by atoms with Gasteiger partial charge in [-0.05, 0) is 24.3 Å². The number of hydrogen-bond acceptors (Lipinski definition) is 2. The molecule has 0 bridgehead atoms. The zero-order valence-electron chi connectivity index (χ0n) is 9.36. The quantitative estimate of drug-likeness (QED) is 0.899. The maximum atomic E-state index is 13.7. The minimum Gasteiger partial charge on any atom is -0.478 e. The fraction of sp³-hybridized carbons (Fsp3) is 0. The highest BCUT2D eigenvalue weighted by molar-refractivity contribution is 6.34. The van der Waals surface area contributed by atoms with Crippen LogP contribution in [-0.2, 0) is 0 Å². The molecule has 0 aromatic heterocycles. The van der Waals surface area contributed by atoms with E-state index in [0.717, 1.165) is 0 Å². The lowest BCUT2D eigenvalue weighted by molar-refractivity contribution is 0.0694. The minimum atomic E-state index is -1.26. The van der Waals surface area contributed by atoms with E-state index in [1.807, 2.05) is 0 Å². The summed E-state index contributed by atoms with van der Waals surface area (Å²) in [5.41, 5.74) is -0.233. The summed E-state index contributed by atoms with van der Waals surface area (Å²) in [4.78, 5) is 11.1. The van der Waals surface area contributed by atoms with E-state index in [-0.39, 0.29) is 27.1 Å². The fourth-order valence-corrected chi connectivity index (χ4v) is 1.89. The molecule has 0 spiro atoms. The van der Waals surface area contributed by atoms with E-state index in [4.69, 9.17) is 33.0 Å². The Bertz CT molecular complexity index is 644. The summed E-state index contributed by atoms with van der Waals surface area (Å²) in [5.74, 6) is -2.25. The number of carbonyl (C=O) groups is 1. The van der Waals surface area contributed by atoms with Crippen LogP contribution >= 0.6 is 23.2 Å². The van der Waals surface area contributed by atoms with Crippen molar-refractivity contribution in [1.82, 2.24) is 0 Å². The maximum Gasteiger partial charge on any atom is 0.341 e. The second kappa shape index (κ2) is 5.47. The number of rotatable bonds is 3. The van der Waals surface area contributed by atoms with Gasteiger partial charge in [-0.2, -0.15) is 0 Å². The molecule has 0 aliphatic carbocycles. The van der Waals surface area contributed by atoms with Crippen LogP contribution in [0.3, 0.4) is 0 Å². The molecule has 0 radical (unpaired) electrons. The zero-order valence-corrected chi connectivity index (χ0v) is 10.9. The van der Waals surface area contributed by atoms with Crippen LogP contribution in [0.1, 0.15) is 10.4 Å². The number of hydrogen-bond donors (Lipinski definition) is 1. The molecule has 2 rings (SSSR count). The molecule has 6 heteroatoms. The minimum absolute atomic E-state index is 0.00689. The van der Waals surface area contributed by atoms with Crippen LogP contribution in [0.2, 0.25) is 10.0 Å². The number of ether oxygens (including phenoxy) is 1. The first-order valence-corrected chi connectivity index (χ1v) is 5.90. The van der Waals surface area contributed by atoms with Crippen molar-refractivity contribution in [2.75, 3.05) is 0 Å². The molecule has 0 fully saturated rings. The lowest BCUT2D eigenvalue weighted by Crippen LogP contribution is -2.01. The third kappa shape index (κ3) is 2.80. The van der Waals surface area contributed by atoms with Crippen LogP contribution in [0.4, 0.5) is 4.39 Å². The Kier molecular flexibility index (Phi) is 3.93. The van der Waals surface area contributed by atoms with Crippen molar-refractivity contribution in [2.45, 2.75) is 0 Å². The molecule has 0 unspecified atom stereocenters. The summed E-state index contributed by atoms with van der Waals surface area (Å²) in [6.45, 7) is 0. The van der Waals surface area contributed by atoms with Crippen molar-refractivity contribution in [3.05, 3.63) is 57.8 Å². The third-order valence-corrected chi connectivity index (χ3v) is 2.93. The fourth-order valence-electron chi connectivity index (χ4n) is 1.48. The third-order valence-electron chi connectivity index (χ3n) is 2.33. The average molecular weight is 301 g/mol. The summed E-state index contributed by atoms with van der Waals surface area (Å²) in [6, 6.07) is 8.49. The van der Waals surface area contributed by atoms with Crippen molar-refractivity contribution in [2.24, 2.45) is 0 Å². The molecule has 2 aromatic rings. The van der Waals surface area contributed by atoms with Gasteiger partial charge in [-0.15, -0.1) is 0 Å². The highest BCUT2D eigenvalue weighted by atomic mass is 35.5. The maximum absolute atomic E-state index is 13.7. The SMILES string of the molecule is O=C(O)c1c(Cl)cccc1Oc1cccc(Cl)c1F. The van der Waals surface area contributed by atoms with Gasteiger partial charge >= 0.3 is 5.97 Å². The summed E-state index contributed by atoms with van der Waals surface area (Å²) in [5, 5.41) is 8.96. The molecule has 1 N–H and O–H groups in total. The van der Waals surface area contributed by atoms with Crippen LogP contribution in [0.5, 0.6) is 11.5 Å². The molecule has 0 amide bonds. The van der Waals surface area contributed by atoms with E-state index in [9.17, 15) is 9.18 Å². The second-order valence-electron chi connectivity index (χ2n) is 3.57. The molecule has 0 atom stereocenters. The number of halogens is 3. The monoisotopic (exact) mass is 300 g/mol. The van der Waals surface area contributed by atoms with E-state index in [2.05, 4.69) is 0 Å². The van der Waals surface area contributed by atoms with Gasteiger partial charge in [0.2, 0.25) is 0 Å². The Hall–Kier alpha value is -1.78. The van der Waals surface area contributed by atoms with Gasteiger partial charge in [0.25, 0.3) is 0 Å². The smallest absolute Gasteiger partial charge is 0.341 e. The van der Waals surface area contributed by atoms with Crippen LogP contribution in [-0.4, -0.2) is 11.1 Å². The van der Waals surface area contributed by atoms with Gasteiger partial charge in [0.1, 0.15) is 11.3 Å². The van der Waals surface area contributed by atoms with E-state index < -0.39 is 11.8 Å². The van der Waals surface area contributed by atoms with Gasteiger partial charge in [-0.25, -0.2) is 9.18 Å². The first kappa shape index (κ1) is 13.6. The Morgan fingerprint density at radius 3 is 2.26 bits per heavy atom. The van der Waals surface area contributed by atoms with Crippen LogP contribution in [0, 0.1) is 5.82 Å². The van der Waals surface area contributed by atoms with Gasteiger partial charge in [0, 0.05) is 0 Å². The Morgan fingerprint density at radius 1 is 1.05 bits per heavy atom. The van der Waals surface area contributed by atoms with Crippen molar-refractivity contribution in [3.63, 3.8) is 0 Å². The van der Waals surface area contributed by atoms with Gasteiger partial charge in [0.15, 0.2) is 11.6 Å². The largest absolute Gasteiger partial charge is 0.478 e. The molecule has 2 aromatic carbocycles. The number of carboxylic acids is 1. The molecule has 19 heavy (non-hydrogen) atoms. The zero-order chi connectivity index (χ0) is 14.0. The molecular weight excluding hydrogens is 294 g/mol. The lowest BCUT2D eigenvalue weighted by Gasteiger charge is -2.10. The highest BCUT2D eigenvalue weighted by Crippen LogP contribution is 2.33. The standard InChI is InChI=1S/C13H7Cl2FO3/c14-7-3-1-5-9(11(7)13(17)18)19-10-6-2-4-8(15)12(10)16/h1-6H,(H,17,18). The van der Waals surface area contributed by atoms with E-state index in [1.54, 1.807) is 0 Å². The number of carboxylic acid groups (broad SMARTS) is 1. The van der Waals surface area contributed by atoms with Gasteiger partial charge < -0.3 is 9.84 Å². The Labute approximate surface area is 118 Å². The molecule has 98 valence electrons. The van der Waals surface area contributed by atoms with Crippen molar-refractivity contribution in [3.8, 4) is 11.5 Å². The first-order chi connectivity index (χ1) is 9.00. The van der Waals surface area contributed by atoms with E-state index >= 15 is 0 Å². The highest BCUT2D eigenvalue weighted by Gasteiger charge is 2.17. The predicted molar refractivity (Wildman–Crippen MR) is 69.9 cm³/mol. The van der Waals surface area contributed by atoms with Crippen molar-refractivity contribution >= 4 is 29.2 Å². The van der Waals surface area contributed by atoms with Gasteiger partial charge in [0.05, 0.1) is 10.0 Å². The molecule has 0 saturated carbocycles. The van der Waals surface area contributed by atoms with Gasteiger partial charge in [-0.3, -0.25) is 0 Å². The average Bonchev–Trinajstić information content (AvgIpc) is 2.34. The number of benzene rings is 2. The lowest BCUT2D eigenvalue weighted by atomic mass is 10.2. The van der Waals surface area contributed by atoms with E-state index in [1.165, 1.54) is 36.4 Å². The molecule has 3 nitrogen and oxygen atoms in total. The molecule has 0 saturated heterocycles. The van der Waals surface area contributed by atoms with Crippen LogP contribution in [0.15, 0.2) is 36.4 Å². The van der Waals surface area contributed by atoms with Gasteiger partial charge in [-0.1, -0.05) is 35.3 Å². The second-order valence-corrected chi connectivity index (χ2v) is 4.39. The molecular formula is C13H7Cl2FO3. The normalized spacial score (nSPS) is 10.3. The molecule has 0 aliphatic rings. The summed E-state index contributed by atoms with van der Waals surface area (Å²) in [7, 11) is 0. The Balaban J connectivity index is 2.47. The van der Waals surface area contributed by atoms with Crippen LogP contribution in [0.25, 0.3) is 0 Å². The molecule has 0 aliphatic heterocycles. The van der Waals surface area contributed by atoms with E-state index in [0.29, 0.717) is 0 Å². The topological polar surface area (TPSA) is 46.5 Å². The Morgan fingerprint density at radius 2 is 1.63 bits per heavy atom. The molecule has 0 heterocycles. The van der Waals surface area contributed by atoms with Crippen molar-refractivity contribution < 1.29 is 19.0 Å². The predicted octanol–water partition coefficient (Wildman–Crippen LogP) is 4.62. The summed E-state index contributed by atoms with van der Waals surface area (Å²) >= 11 is 11.4. The first-order valence-electron chi connectivity index (χ1n) is 5.14. The van der Waals surface area contributed by atoms with Crippen molar-refractivity contribution in [1.29, 1.82) is 0 Å². The number of aromatic carboxylic acids is 1. The summed E-state index contributed by atoms with van der Waals surface area (Å²) in [6.07, 6.45) is 0.